The molecule has 0 aromatic heterocycles. The van der Waals surface area contributed by atoms with Crippen LogP contribution in [0.4, 0.5) is 0 Å². The molecular weight excluding hydrogens is 887 g/mol. The van der Waals surface area contributed by atoms with Crippen molar-refractivity contribution < 1.29 is 68.4 Å². The van der Waals surface area contributed by atoms with Crippen molar-refractivity contribution >= 4 is 65.1 Å². The van der Waals surface area contributed by atoms with Crippen LogP contribution in [0.15, 0.2) is 4.99 Å². The number of carbonyl (C=O) groups excluding carboxylic acids is 9. The van der Waals surface area contributed by atoms with Gasteiger partial charge in [-0.3, -0.25) is 48.1 Å². The van der Waals surface area contributed by atoms with Gasteiger partial charge in [0, 0.05) is 13.0 Å². The summed E-state index contributed by atoms with van der Waals surface area (Å²) in [5.74, 6) is -11.5. The van der Waals surface area contributed by atoms with Gasteiger partial charge in [-0.15, -0.1) is 0 Å². The molecule has 27 heteroatoms. The molecule has 0 aromatic rings. The Hall–Kier alpha value is -6.19. The lowest BCUT2D eigenvalue weighted by Crippen LogP contribution is -2.62. The summed E-state index contributed by atoms with van der Waals surface area (Å²) in [6.45, 7) is 8.21. The van der Waals surface area contributed by atoms with Crippen LogP contribution in [0, 0.1) is 17.8 Å². The predicted molar refractivity (Wildman–Crippen MR) is 240 cm³/mol. The zero-order chi connectivity index (χ0) is 51.7. The van der Waals surface area contributed by atoms with Crippen molar-refractivity contribution in [1.29, 1.82) is 0 Å². The molecule has 0 aliphatic heterocycles. The predicted octanol–water partition coefficient (Wildman–Crippen LogP) is -6.66. The minimum Gasteiger partial charge on any atom is -0.480 e. The van der Waals surface area contributed by atoms with Crippen LogP contribution in [0.1, 0.15) is 87.0 Å². The molecule has 27 nitrogen and oxygen atoms in total. The lowest BCUT2D eigenvalue weighted by Gasteiger charge is -2.29. The van der Waals surface area contributed by atoms with E-state index >= 15 is 0 Å². The summed E-state index contributed by atoms with van der Waals surface area (Å²) < 4.78 is 0. The summed E-state index contributed by atoms with van der Waals surface area (Å²) in [6, 6.07) is -13.1. The first-order valence-corrected chi connectivity index (χ1v) is 21.8. The van der Waals surface area contributed by atoms with Gasteiger partial charge in [-0.2, -0.15) is 0 Å². The van der Waals surface area contributed by atoms with Crippen molar-refractivity contribution in [1.82, 2.24) is 42.5 Å². The van der Waals surface area contributed by atoms with Gasteiger partial charge in [0.05, 0.1) is 25.9 Å². The van der Waals surface area contributed by atoms with Crippen LogP contribution in [0.25, 0.3) is 0 Å². The lowest BCUT2D eigenvalue weighted by molar-refractivity contribution is -0.144. The molecule has 0 radical (unpaired) electrons. The highest BCUT2D eigenvalue weighted by molar-refractivity contribution is 5.98. The first kappa shape index (κ1) is 60.8. The molecule has 0 unspecified atom stereocenters. The summed E-state index contributed by atoms with van der Waals surface area (Å²) >= 11 is 0. The van der Waals surface area contributed by atoms with Gasteiger partial charge < -0.3 is 85.9 Å². The molecule has 0 heterocycles. The van der Waals surface area contributed by atoms with E-state index in [0.29, 0.717) is 12.8 Å². The Morgan fingerprint density at radius 2 is 0.970 bits per heavy atom. The van der Waals surface area contributed by atoms with Crippen LogP contribution < -0.4 is 65.5 Å². The number of aliphatic carboxylic acids is 1. The molecule has 0 saturated heterocycles. The van der Waals surface area contributed by atoms with Gasteiger partial charge >= 0.3 is 5.97 Å². The number of carbonyl (C=O) groups is 10. The average Bonchev–Trinajstić information content (AvgIpc) is 3.25. The van der Waals surface area contributed by atoms with Gasteiger partial charge in [-0.25, -0.2) is 4.79 Å². The number of rotatable bonds is 32. The molecule has 9 amide bonds. The van der Waals surface area contributed by atoms with Crippen LogP contribution in [-0.4, -0.2) is 166 Å². The Balaban J connectivity index is 5.95. The molecule has 0 aromatic carbocycles. The number of nitrogens with two attached hydrogens (primary N) is 4. The van der Waals surface area contributed by atoms with Gasteiger partial charge in [0.25, 0.3) is 0 Å². The van der Waals surface area contributed by atoms with Crippen LogP contribution >= 0.6 is 0 Å². The fourth-order valence-electron chi connectivity index (χ4n) is 5.98. The normalized spacial score (nSPS) is 15.6. The number of carboxylic acid groups (broad SMARTS) is 1. The summed E-state index contributed by atoms with van der Waals surface area (Å²) in [4.78, 5) is 133. The van der Waals surface area contributed by atoms with Gasteiger partial charge in [0.2, 0.25) is 53.2 Å². The fourth-order valence-corrected chi connectivity index (χ4v) is 5.98. The number of hydrogen-bond donors (Lipinski definition) is 16. The molecule has 0 spiro atoms. The Kier molecular flexibility index (Phi) is 28.1. The van der Waals surface area contributed by atoms with Crippen LogP contribution in [0.2, 0.25) is 0 Å². The van der Waals surface area contributed by atoms with E-state index in [1.165, 1.54) is 20.8 Å². The van der Waals surface area contributed by atoms with Crippen molar-refractivity contribution in [2.45, 2.75) is 141 Å². The average molecular weight is 960 g/mol. The zero-order valence-corrected chi connectivity index (χ0v) is 39.1. The quantitative estimate of drug-likeness (QED) is 0.0169. The Labute approximate surface area is 388 Å². The van der Waals surface area contributed by atoms with Gasteiger partial charge in [0.15, 0.2) is 5.96 Å². The number of nitrogens with one attached hydrogen (secondary N) is 8. The van der Waals surface area contributed by atoms with Crippen molar-refractivity contribution in [2.24, 2.45) is 45.7 Å². The molecule has 20 N–H and O–H groups in total. The number of aliphatic hydroxyl groups is 3. The molecule has 0 fully saturated rings. The Morgan fingerprint density at radius 1 is 0.537 bits per heavy atom. The second-order valence-corrected chi connectivity index (χ2v) is 16.7. The second kappa shape index (κ2) is 30.9. The standard InChI is InChI=1S/C40H73N13O14/c1-8-20(6)30(38(65)51-27(17-56)36(63)52-29(19(4)5)39(66)67)53-37(64)26(16-55)50-34(61)24(14-18(2)3)48-35(62)25(15-54)49-31(58)21(7)46-33(60)23(11-12-28(42)57)47-32(59)22(41)10-9-13-45-40(43)44/h18-27,29-30,54-56H,8-17,41H2,1-7H3,(H2,42,57)(H,46,60)(H,47,59)(H,48,62)(H,49,58)(H,50,61)(H,51,65)(H,52,63)(H,53,64)(H,66,67)(H4,43,44,45)/t20-,21-,22-,23-,24-,25-,26-,27-,29-,30-/m0/s1. The SMILES string of the molecule is CC[C@H](C)[C@H](NC(=O)[C@H](CO)NC(=O)[C@H](CC(C)C)NC(=O)[C@H](CO)NC(=O)[C@H](C)NC(=O)[C@H](CCC(N)=O)NC(=O)[C@@H](N)CCCN=C(N)N)C(=O)N[C@@H](CO)C(=O)N[C@H](C(=O)O)C(C)C. The third kappa shape index (κ3) is 22.7. The van der Waals surface area contributed by atoms with Crippen molar-refractivity contribution in [3.8, 4) is 0 Å². The first-order valence-electron chi connectivity index (χ1n) is 21.8. The monoisotopic (exact) mass is 960 g/mol. The lowest BCUT2D eigenvalue weighted by atomic mass is 9.97. The number of hydrogen-bond acceptors (Lipinski definition) is 15. The topological polar surface area (TPSA) is 464 Å². The molecule has 0 aliphatic carbocycles. The van der Waals surface area contributed by atoms with Gasteiger partial charge in [-0.1, -0.05) is 48.0 Å². The maximum atomic E-state index is 13.6. The fraction of sp³-hybridized carbons (Fsp3) is 0.725. The highest BCUT2D eigenvalue weighted by Gasteiger charge is 2.36. The Bertz CT molecular complexity index is 1730. The van der Waals surface area contributed by atoms with Crippen molar-refractivity contribution in [2.75, 3.05) is 26.4 Å². The molecule has 0 aliphatic rings. The number of amides is 9. The van der Waals surface area contributed by atoms with E-state index in [1.807, 2.05) is 0 Å². The molecular formula is C40H73N13O14. The highest BCUT2D eigenvalue weighted by atomic mass is 16.4. The molecule has 0 saturated carbocycles. The molecule has 382 valence electrons. The third-order valence-corrected chi connectivity index (χ3v) is 10.2. The number of aliphatic imine (C=N–C) groups is 1. The minimum atomic E-state index is -1.71. The second-order valence-electron chi connectivity index (χ2n) is 16.7. The largest absolute Gasteiger partial charge is 0.480 e. The summed E-state index contributed by atoms with van der Waals surface area (Å²) in [5.41, 5.74) is 21.7. The van der Waals surface area contributed by atoms with E-state index in [0.717, 1.165) is 0 Å². The van der Waals surface area contributed by atoms with E-state index < -0.39 is 145 Å². The van der Waals surface area contributed by atoms with Crippen LogP contribution in [0.5, 0.6) is 0 Å². The van der Waals surface area contributed by atoms with E-state index in [4.69, 9.17) is 22.9 Å². The first-order chi connectivity index (χ1) is 31.2. The smallest absolute Gasteiger partial charge is 0.326 e. The zero-order valence-electron chi connectivity index (χ0n) is 39.1. The number of primary amides is 1. The van der Waals surface area contributed by atoms with E-state index in [9.17, 15) is 68.4 Å². The summed E-state index contributed by atoms with van der Waals surface area (Å²) in [6.07, 6.45) is 0.0882. The maximum absolute atomic E-state index is 13.6. The maximum Gasteiger partial charge on any atom is 0.326 e. The van der Waals surface area contributed by atoms with Gasteiger partial charge in [-0.05, 0) is 50.4 Å². The number of aliphatic hydroxyl groups excluding tert-OH is 3. The molecule has 10 atom stereocenters. The van der Waals surface area contributed by atoms with Crippen molar-refractivity contribution in [3.05, 3.63) is 0 Å². The highest BCUT2D eigenvalue weighted by Crippen LogP contribution is 2.11. The van der Waals surface area contributed by atoms with E-state index in [2.05, 4.69) is 47.5 Å². The van der Waals surface area contributed by atoms with Crippen LogP contribution in [-0.2, 0) is 47.9 Å². The number of nitrogens with zero attached hydrogens (tertiary/aromatic N) is 1. The summed E-state index contributed by atoms with van der Waals surface area (Å²) in [7, 11) is 0. The molecule has 0 rings (SSSR count). The van der Waals surface area contributed by atoms with E-state index in [1.54, 1.807) is 27.7 Å². The van der Waals surface area contributed by atoms with E-state index in [-0.39, 0.29) is 44.1 Å². The minimum absolute atomic E-state index is 0.0592. The van der Waals surface area contributed by atoms with Gasteiger partial charge in [0.1, 0.15) is 48.3 Å². The number of guanidine groups is 1. The van der Waals surface area contributed by atoms with Crippen LogP contribution in [0.3, 0.4) is 0 Å². The molecule has 0 bridgehead atoms. The number of carboxylic acids is 1. The molecule has 67 heavy (non-hydrogen) atoms. The third-order valence-electron chi connectivity index (χ3n) is 10.2. The Morgan fingerprint density at radius 3 is 1.42 bits per heavy atom. The summed E-state index contributed by atoms with van der Waals surface area (Å²) in [5, 5.41) is 58.2. The van der Waals surface area contributed by atoms with Crippen molar-refractivity contribution in [3.63, 3.8) is 0 Å².